The van der Waals surface area contributed by atoms with Crippen molar-refractivity contribution in [3.63, 3.8) is 0 Å². The fraction of sp³-hybridized carbons (Fsp3) is 0.304. The summed E-state index contributed by atoms with van der Waals surface area (Å²) in [6.45, 7) is 2.79. The summed E-state index contributed by atoms with van der Waals surface area (Å²) in [4.78, 5) is 68.9. The molecule has 0 spiro atoms. The van der Waals surface area contributed by atoms with Gasteiger partial charge in [-0.05, 0) is 94.2 Å². The van der Waals surface area contributed by atoms with Gasteiger partial charge in [0.15, 0.2) is 11.6 Å². The maximum atomic E-state index is 14.3. The zero-order chi connectivity index (χ0) is 46.1. The molecule has 0 saturated heterocycles. The number of aromatic nitrogens is 2. The number of anilines is 1. The van der Waals surface area contributed by atoms with Crippen LogP contribution in [0.25, 0.3) is 5.69 Å². The van der Waals surface area contributed by atoms with Crippen LogP contribution in [-0.2, 0) is 20.9 Å². The third kappa shape index (κ3) is 14.1. The number of likely N-dealkylation sites (N-methyl/N-ethyl adjacent to an activating group) is 1. The van der Waals surface area contributed by atoms with Crippen molar-refractivity contribution in [3.05, 3.63) is 147 Å². The highest BCUT2D eigenvalue weighted by Crippen LogP contribution is 2.28. The number of nitrogens with two attached hydrogens (primary N) is 4. The Morgan fingerprint density at radius 1 is 0.730 bits per heavy atom. The summed E-state index contributed by atoms with van der Waals surface area (Å²) in [6, 6.07) is 22.7. The molecule has 63 heavy (non-hydrogen) atoms. The van der Waals surface area contributed by atoms with Crippen LogP contribution in [0.4, 0.5) is 10.1 Å². The largest absolute Gasteiger partial charge is 0.349 e. The van der Waals surface area contributed by atoms with E-state index in [0.717, 1.165) is 25.7 Å². The molecule has 1 aromatic heterocycles. The number of benzene rings is 4. The molecule has 10 N–H and O–H groups in total. The van der Waals surface area contributed by atoms with Crippen LogP contribution < -0.4 is 38.5 Å². The van der Waals surface area contributed by atoms with Crippen LogP contribution in [0.3, 0.4) is 0 Å². The number of amides is 3. The Balaban J connectivity index is 0.000000278. The molecule has 0 unspecified atom stereocenters. The third-order valence-corrected chi connectivity index (χ3v) is 10.5. The second-order valence-electron chi connectivity index (χ2n) is 14.6. The number of hydrogen-bond donors (Lipinski definition) is 6. The predicted molar refractivity (Wildman–Crippen MR) is 244 cm³/mol. The highest BCUT2D eigenvalue weighted by atomic mass is 35.5. The third-order valence-electron chi connectivity index (χ3n) is 10.0. The normalized spacial score (nSPS) is 11.8. The minimum Gasteiger partial charge on any atom is -0.349 e. The summed E-state index contributed by atoms with van der Waals surface area (Å²) >= 11 is 12.3. The van der Waals surface area contributed by atoms with Gasteiger partial charge in [-0.25, -0.2) is 9.37 Å². The number of rotatable bonds is 20. The van der Waals surface area contributed by atoms with E-state index in [1.54, 1.807) is 79.3 Å². The molecule has 14 nitrogen and oxygen atoms in total. The standard InChI is InChI=1S/C24H27ClFN5O2.C22H27ClN4O3/c1-15-29-13-17(14-30-24(33)21(28)8-4-5-11-27)31(15)22-10-9-16(25)12-19(22)23(32)18-6-2-3-7-20(18)26;1-27(20(28)14-26-22(30)18(25)9-5-6-12-24)19-11-10-16(23)13-17(19)21(29)15-7-3-2-4-8-15/h2-3,6-7,9-10,12-13,21H,4-5,8,11,14,27-28H2,1H3,(H,30,33);2-4,7-8,10-11,13,18H,5-6,9,12,14,24-25H2,1H3,(H,26,30)/t21-;18-/m00/s1. The van der Waals surface area contributed by atoms with Gasteiger partial charge in [-0.1, -0.05) is 78.5 Å². The maximum Gasteiger partial charge on any atom is 0.246 e. The van der Waals surface area contributed by atoms with Crippen LogP contribution in [0.15, 0.2) is 97.2 Å². The molecule has 5 rings (SSSR count). The van der Waals surface area contributed by atoms with E-state index in [2.05, 4.69) is 15.6 Å². The molecule has 0 saturated carbocycles. The second-order valence-corrected chi connectivity index (χ2v) is 15.5. The van der Waals surface area contributed by atoms with E-state index in [1.807, 2.05) is 6.07 Å². The lowest BCUT2D eigenvalue weighted by atomic mass is 10.0. The summed E-state index contributed by atoms with van der Waals surface area (Å²) in [7, 11) is 1.54. The van der Waals surface area contributed by atoms with Gasteiger partial charge in [0.25, 0.3) is 0 Å². The molecule has 0 fully saturated rings. The van der Waals surface area contributed by atoms with Crippen molar-refractivity contribution in [1.82, 2.24) is 20.2 Å². The van der Waals surface area contributed by atoms with Crippen molar-refractivity contribution in [1.29, 1.82) is 0 Å². The number of imidazole rings is 1. The molecule has 4 aromatic carbocycles. The minimum absolute atomic E-state index is 0.0582. The van der Waals surface area contributed by atoms with Gasteiger partial charge < -0.3 is 38.5 Å². The Morgan fingerprint density at radius 3 is 1.92 bits per heavy atom. The number of nitrogens with zero attached hydrogens (tertiary/aromatic N) is 3. The van der Waals surface area contributed by atoms with Gasteiger partial charge in [0, 0.05) is 33.8 Å². The van der Waals surface area contributed by atoms with Crippen molar-refractivity contribution < 1.29 is 28.4 Å². The van der Waals surface area contributed by atoms with Crippen molar-refractivity contribution in [3.8, 4) is 5.69 Å². The summed E-state index contributed by atoms with van der Waals surface area (Å²) < 4.78 is 16.1. The highest BCUT2D eigenvalue weighted by molar-refractivity contribution is 6.32. The van der Waals surface area contributed by atoms with Crippen LogP contribution in [0.5, 0.6) is 0 Å². The first-order valence-electron chi connectivity index (χ1n) is 20.4. The first-order chi connectivity index (χ1) is 30.2. The van der Waals surface area contributed by atoms with Crippen molar-refractivity contribution in [2.24, 2.45) is 22.9 Å². The molecule has 0 aliphatic carbocycles. The molecular formula is C46H54Cl2FN9O5. The van der Waals surface area contributed by atoms with Crippen LogP contribution in [0.2, 0.25) is 10.0 Å². The minimum atomic E-state index is -0.694. The summed E-state index contributed by atoms with van der Waals surface area (Å²) in [6.07, 6.45) is 5.77. The maximum absolute atomic E-state index is 14.3. The number of carbonyl (C=O) groups excluding carboxylic acids is 5. The average Bonchev–Trinajstić information content (AvgIpc) is 3.66. The van der Waals surface area contributed by atoms with Crippen LogP contribution in [-0.4, -0.2) is 77.6 Å². The molecule has 334 valence electrons. The fourth-order valence-corrected chi connectivity index (χ4v) is 6.83. The molecule has 3 amide bonds. The lowest BCUT2D eigenvalue weighted by Gasteiger charge is -2.21. The van der Waals surface area contributed by atoms with E-state index < -0.39 is 29.6 Å². The zero-order valence-corrected chi connectivity index (χ0v) is 36.8. The fourth-order valence-electron chi connectivity index (χ4n) is 6.48. The number of ketones is 2. The summed E-state index contributed by atoms with van der Waals surface area (Å²) in [5.41, 5.74) is 25.2. The Hall–Kier alpha value is -5.81. The molecule has 2 atom stereocenters. The number of hydrogen-bond acceptors (Lipinski definition) is 10. The molecule has 5 aromatic rings. The molecule has 1 heterocycles. The molecule has 0 bridgehead atoms. The second kappa shape index (κ2) is 24.7. The number of halogens is 3. The first-order valence-corrected chi connectivity index (χ1v) is 21.2. The van der Waals surface area contributed by atoms with Gasteiger partial charge in [-0.3, -0.25) is 28.5 Å². The van der Waals surface area contributed by atoms with Gasteiger partial charge in [-0.2, -0.15) is 0 Å². The SMILES string of the molecule is CN(C(=O)CNC(=O)[C@@H](N)CCCCN)c1ccc(Cl)cc1C(=O)c1ccccc1.Cc1ncc(CNC(=O)[C@@H](N)CCCCN)n1-c1ccc(Cl)cc1C(=O)c1ccccc1F. The highest BCUT2D eigenvalue weighted by Gasteiger charge is 2.24. The van der Waals surface area contributed by atoms with Crippen LogP contribution >= 0.6 is 23.2 Å². The van der Waals surface area contributed by atoms with Gasteiger partial charge in [-0.15, -0.1) is 0 Å². The predicted octanol–water partition coefficient (Wildman–Crippen LogP) is 5.38. The zero-order valence-electron chi connectivity index (χ0n) is 35.3. The van der Waals surface area contributed by atoms with Crippen molar-refractivity contribution in [2.45, 2.75) is 64.1 Å². The van der Waals surface area contributed by atoms with E-state index in [-0.39, 0.29) is 41.8 Å². The Kier molecular flexibility index (Phi) is 19.6. The molecule has 0 aliphatic heterocycles. The number of carbonyl (C=O) groups is 5. The molecule has 0 radical (unpaired) electrons. The lowest BCUT2D eigenvalue weighted by molar-refractivity contribution is -0.125. The average molecular weight is 903 g/mol. The molecule has 0 aliphatic rings. The number of nitrogens with one attached hydrogen (secondary N) is 2. The quantitative estimate of drug-likeness (QED) is 0.0431. The van der Waals surface area contributed by atoms with E-state index in [4.69, 9.17) is 46.1 Å². The first kappa shape index (κ1) is 49.8. The van der Waals surface area contributed by atoms with Gasteiger partial charge in [0.05, 0.1) is 54.0 Å². The lowest BCUT2D eigenvalue weighted by Crippen LogP contribution is -2.45. The van der Waals surface area contributed by atoms with Crippen molar-refractivity contribution in [2.75, 3.05) is 31.6 Å². The van der Waals surface area contributed by atoms with Gasteiger partial charge >= 0.3 is 0 Å². The number of unbranched alkanes of at least 4 members (excludes halogenated alkanes) is 2. The van der Waals surface area contributed by atoms with Crippen LogP contribution in [0.1, 0.15) is 81.9 Å². The van der Waals surface area contributed by atoms with E-state index in [9.17, 15) is 28.4 Å². The van der Waals surface area contributed by atoms with Crippen molar-refractivity contribution >= 4 is 58.2 Å². The number of aryl methyl sites for hydroxylation is 1. The van der Waals surface area contributed by atoms with E-state index in [1.165, 1.54) is 35.2 Å². The Morgan fingerprint density at radius 2 is 1.30 bits per heavy atom. The van der Waals surface area contributed by atoms with Crippen LogP contribution in [0, 0.1) is 12.7 Å². The smallest absolute Gasteiger partial charge is 0.246 e. The molecule has 17 heteroatoms. The van der Waals surface area contributed by atoms with E-state index >= 15 is 0 Å². The van der Waals surface area contributed by atoms with Gasteiger partial charge in [0.1, 0.15) is 11.6 Å². The summed E-state index contributed by atoms with van der Waals surface area (Å²) in [5.74, 6) is -1.85. The molecular weight excluding hydrogens is 848 g/mol. The summed E-state index contributed by atoms with van der Waals surface area (Å²) in [5, 5.41) is 6.10. The van der Waals surface area contributed by atoms with E-state index in [0.29, 0.717) is 70.0 Å². The Labute approximate surface area is 376 Å². The Bertz CT molecular complexity index is 2360. The van der Waals surface area contributed by atoms with Gasteiger partial charge in [0.2, 0.25) is 17.7 Å². The monoisotopic (exact) mass is 901 g/mol. The topological polar surface area (TPSA) is 235 Å².